The molecule has 5 rings (SSSR count). The lowest BCUT2D eigenvalue weighted by Gasteiger charge is -2.33. The lowest BCUT2D eigenvalue weighted by atomic mass is 10.1. The maximum atomic E-state index is 13.1. The molecule has 2 aliphatic heterocycles. The Bertz CT molecular complexity index is 1320. The van der Waals surface area contributed by atoms with Crippen LogP contribution in [0.4, 0.5) is 27.8 Å². The molecule has 2 aliphatic rings. The summed E-state index contributed by atoms with van der Waals surface area (Å²) in [4.78, 5) is 39.8. The maximum absolute atomic E-state index is 13.1. The molecule has 1 N–H and O–H groups in total. The zero-order valence-corrected chi connectivity index (χ0v) is 20.3. The van der Waals surface area contributed by atoms with Crippen LogP contribution in [0.5, 0.6) is 5.75 Å². The summed E-state index contributed by atoms with van der Waals surface area (Å²) in [6.07, 6.45) is 4.12. The number of aromatic nitrogens is 2. The summed E-state index contributed by atoms with van der Waals surface area (Å²) >= 11 is 0. The number of ether oxygens (including phenoxy) is 1. The van der Waals surface area contributed by atoms with Crippen molar-refractivity contribution in [3.05, 3.63) is 65.0 Å². The number of amides is 3. The number of nitrogens with one attached hydrogen (secondary N) is 1. The molecule has 0 fully saturated rings. The van der Waals surface area contributed by atoms with Crippen molar-refractivity contribution >= 4 is 34.9 Å². The first kappa shape index (κ1) is 22.6. The molecule has 0 unspecified atom stereocenters. The van der Waals surface area contributed by atoms with Gasteiger partial charge in [-0.3, -0.25) is 9.69 Å². The number of fused-ring (bicyclic) bond motifs is 3. The summed E-state index contributed by atoms with van der Waals surface area (Å²) in [5, 5.41) is 3.02. The number of carbonyl (C=O) groups is 2. The SMILES string of the molecule is CCN1c2ncc(CCOc3cccc4c3CN(C)C(=O)N4C)cc2C(=O)Nc2c(C)ccnc21. The van der Waals surface area contributed by atoms with Gasteiger partial charge in [-0.15, -0.1) is 0 Å². The highest BCUT2D eigenvalue weighted by Crippen LogP contribution is 2.37. The van der Waals surface area contributed by atoms with Crippen molar-refractivity contribution in [2.24, 2.45) is 0 Å². The molecule has 0 aliphatic carbocycles. The van der Waals surface area contributed by atoms with E-state index in [9.17, 15) is 9.59 Å². The van der Waals surface area contributed by atoms with E-state index in [4.69, 9.17) is 4.74 Å². The maximum Gasteiger partial charge on any atom is 0.324 e. The number of benzene rings is 1. The molecular weight excluding hydrogens is 444 g/mol. The van der Waals surface area contributed by atoms with E-state index >= 15 is 0 Å². The fraction of sp³-hybridized carbons (Fsp3) is 0.308. The fourth-order valence-corrected chi connectivity index (χ4v) is 4.61. The number of hydrogen-bond donors (Lipinski definition) is 1. The first-order valence-electron chi connectivity index (χ1n) is 11.7. The predicted octanol–water partition coefficient (Wildman–Crippen LogP) is 4.13. The van der Waals surface area contributed by atoms with E-state index in [1.165, 1.54) is 0 Å². The van der Waals surface area contributed by atoms with Crippen molar-refractivity contribution < 1.29 is 14.3 Å². The third-order valence-electron chi connectivity index (χ3n) is 6.50. The van der Waals surface area contributed by atoms with Crippen molar-refractivity contribution in [2.45, 2.75) is 26.8 Å². The Kier molecular flexibility index (Phi) is 5.76. The highest BCUT2D eigenvalue weighted by molar-refractivity contribution is 6.11. The van der Waals surface area contributed by atoms with E-state index in [1.54, 1.807) is 36.3 Å². The molecule has 0 radical (unpaired) electrons. The Morgan fingerprint density at radius 1 is 1.11 bits per heavy atom. The topological polar surface area (TPSA) is 90.9 Å². The van der Waals surface area contributed by atoms with Gasteiger partial charge >= 0.3 is 6.03 Å². The number of anilines is 4. The van der Waals surface area contributed by atoms with Gasteiger partial charge < -0.3 is 19.9 Å². The second kappa shape index (κ2) is 8.90. The molecule has 4 heterocycles. The van der Waals surface area contributed by atoms with Gasteiger partial charge in [0.1, 0.15) is 11.6 Å². The molecule has 0 spiro atoms. The van der Waals surface area contributed by atoms with Gasteiger partial charge in [0.2, 0.25) is 0 Å². The van der Waals surface area contributed by atoms with Crippen LogP contribution in [0.1, 0.15) is 34.0 Å². The number of carbonyl (C=O) groups excluding carboxylic acids is 2. The van der Waals surface area contributed by atoms with Gasteiger partial charge in [-0.1, -0.05) is 6.07 Å². The molecule has 9 nitrogen and oxygen atoms in total. The smallest absolute Gasteiger partial charge is 0.324 e. The molecular formula is C26H28N6O3. The molecule has 0 saturated carbocycles. The molecule has 2 aromatic heterocycles. The number of urea groups is 1. The van der Waals surface area contributed by atoms with E-state index in [0.717, 1.165) is 28.1 Å². The van der Waals surface area contributed by atoms with Crippen molar-refractivity contribution in [1.82, 2.24) is 14.9 Å². The predicted molar refractivity (Wildman–Crippen MR) is 135 cm³/mol. The van der Waals surface area contributed by atoms with E-state index in [0.29, 0.717) is 49.0 Å². The second-order valence-electron chi connectivity index (χ2n) is 8.79. The first-order valence-corrected chi connectivity index (χ1v) is 11.7. The van der Waals surface area contributed by atoms with Crippen LogP contribution in [0.2, 0.25) is 0 Å². The van der Waals surface area contributed by atoms with Crippen LogP contribution in [-0.4, -0.2) is 54.1 Å². The van der Waals surface area contributed by atoms with Crippen LogP contribution in [-0.2, 0) is 13.0 Å². The highest BCUT2D eigenvalue weighted by atomic mass is 16.5. The quantitative estimate of drug-likeness (QED) is 0.600. The minimum atomic E-state index is -0.198. The van der Waals surface area contributed by atoms with Crippen LogP contribution < -0.4 is 19.9 Å². The zero-order valence-electron chi connectivity index (χ0n) is 20.3. The van der Waals surface area contributed by atoms with Gasteiger partial charge in [0.15, 0.2) is 5.82 Å². The Morgan fingerprint density at radius 2 is 1.94 bits per heavy atom. The Morgan fingerprint density at radius 3 is 2.74 bits per heavy atom. The van der Waals surface area contributed by atoms with Crippen LogP contribution in [0, 0.1) is 6.92 Å². The number of pyridine rings is 2. The Labute approximate surface area is 204 Å². The molecule has 180 valence electrons. The summed E-state index contributed by atoms with van der Waals surface area (Å²) in [5.41, 5.74) is 4.92. The minimum absolute atomic E-state index is 0.0438. The molecule has 0 bridgehead atoms. The lowest BCUT2D eigenvalue weighted by molar-refractivity contribution is 0.102. The largest absolute Gasteiger partial charge is 0.493 e. The van der Waals surface area contributed by atoms with Crippen molar-refractivity contribution in [2.75, 3.05) is 42.4 Å². The van der Waals surface area contributed by atoms with E-state index in [1.807, 2.05) is 49.1 Å². The van der Waals surface area contributed by atoms with Crippen molar-refractivity contribution in [1.29, 1.82) is 0 Å². The van der Waals surface area contributed by atoms with Gasteiger partial charge in [0, 0.05) is 45.0 Å². The van der Waals surface area contributed by atoms with Crippen molar-refractivity contribution in [3.8, 4) is 5.75 Å². The lowest BCUT2D eigenvalue weighted by Crippen LogP contribution is -2.42. The molecule has 35 heavy (non-hydrogen) atoms. The van der Waals surface area contributed by atoms with Crippen LogP contribution in [0.15, 0.2) is 42.7 Å². The third-order valence-corrected chi connectivity index (χ3v) is 6.50. The van der Waals surface area contributed by atoms with Gasteiger partial charge in [-0.05, 0) is 49.2 Å². The normalized spacial score (nSPS) is 14.7. The summed E-state index contributed by atoms with van der Waals surface area (Å²) in [5.74, 6) is 1.85. The monoisotopic (exact) mass is 472 g/mol. The van der Waals surface area contributed by atoms with Gasteiger partial charge in [-0.25, -0.2) is 14.8 Å². The minimum Gasteiger partial charge on any atom is -0.493 e. The average Bonchev–Trinajstić information content (AvgIpc) is 2.97. The molecule has 0 atom stereocenters. The number of nitrogens with zero attached hydrogens (tertiary/aromatic N) is 5. The number of aryl methyl sites for hydroxylation is 1. The average molecular weight is 473 g/mol. The number of hydrogen-bond acceptors (Lipinski definition) is 6. The van der Waals surface area contributed by atoms with Crippen LogP contribution in [0.25, 0.3) is 0 Å². The summed E-state index contributed by atoms with van der Waals surface area (Å²) in [6, 6.07) is 9.46. The standard InChI is InChI=1S/C26H28N6O3/c1-5-32-23-18(25(33)29-22-16(2)9-11-27-24(22)32)13-17(14-28-23)10-12-35-21-8-6-7-20-19(21)15-30(3)26(34)31(20)4/h6-9,11,13-14H,5,10,12,15H2,1-4H3,(H,29,33). The van der Waals surface area contributed by atoms with Gasteiger partial charge in [0.05, 0.1) is 30.1 Å². The fourth-order valence-electron chi connectivity index (χ4n) is 4.61. The van der Waals surface area contributed by atoms with E-state index in [-0.39, 0.29) is 11.9 Å². The third kappa shape index (κ3) is 3.92. The Balaban J connectivity index is 1.36. The molecule has 3 amide bonds. The van der Waals surface area contributed by atoms with E-state index in [2.05, 4.69) is 15.3 Å². The Hall–Kier alpha value is -4.14. The van der Waals surface area contributed by atoms with Crippen LogP contribution in [0.3, 0.4) is 0 Å². The molecule has 3 aromatic rings. The van der Waals surface area contributed by atoms with Crippen LogP contribution >= 0.6 is 0 Å². The molecule has 0 saturated heterocycles. The molecule has 9 heteroatoms. The molecule has 1 aromatic carbocycles. The number of rotatable bonds is 5. The zero-order chi connectivity index (χ0) is 24.7. The highest BCUT2D eigenvalue weighted by Gasteiger charge is 2.29. The van der Waals surface area contributed by atoms with E-state index < -0.39 is 0 Å². The second-order valence-corrected chi connectivity index (χ2v) is 8.79. The first-order chi connectivity index (χ1) is 16.9. The van der Waals surface area contributed by atoms with Gasteiger partial charge in [-0.2, -0.15) is 0 Å². The van der Waals surface area contributed by atoms with Crippen molar-refractivity contribution in [3.63, 3.8) is 0 Å². The van der Waals surface area contributed by atoms with Gasteiger partial charge in [0.25, 0.3) is 5.91 Å². The summed E-state index contributed by atoms with van der Waals surface area (Å²) < 4.78 is 6.13. The summed E-state index contributed by atoms with van der Waals surface area (Å²) in [7, 11) is 3.54. The summed E-state index contributed by atoms with van der Waals surface area (Å²) in [6.45, 7) is 5.51.